The van der Waals surface area contributed by atoms with Crippen molar-refractivity contribution in [1.29, 1.82) is 0 Å². The lowest BCUT2D eigenvalue weighted by Crippen LogP contribution is -2.49. The number of rotatable bonds is 2. The Morgan fingerprint density at radius 2 is 1.96 bits per heavy atom. The number of piperazine rings is 1. The van der Waals surface area contributed by atoms with Crippen LogP contribution in [0.2, 0.25) is 0 Å². The van der Waals surface area contributed by atoms with Crippen LogP contribution >= 0.6 is 0 Å². The first kappa shape index (κ1) is 14.6. The summed E-state index contributed by atoms with van der Waals surface area (Å²) in [5, 5.41) is 12.5. The third kappa shape index (κ3) is 2.55. The Hall–Kier alpha value is -3.03. The Morgan fingerprint density at radius 3 is 2.71 bits per heavy atom. The van der Waals surface area contributed by atoms with Gasteiger partial charge in [-0.1, -0.05) is 0 Å². The molecule has 0 spiro atoms. The van der Waals surface area contributed by atoms with Gasteiger partial charge in [-0.25, -0.2) is 9.50 Å². The molecule has 0 atom stereocenters. The number of anilines is 1. The van der Waals surface area contributed by atoms with Gasteiger partial charge in [0.05, 0.1) is 11.9 Å². The monoisotopic (exact) mass is 323 g/mol. The third-order valence-corrected chi connectivity index (χ3v) is 4.18. The lowest BCUT2D eigenvalue weighted by atomic mass is 10.2. The van der Waals surface area contributed by atoms with E-state index in [0.29, 0.717) is 24.3 Å². The highest BCUT2D eigenvalue weighted by atomic mass is 16.2. The maximum atomic E-state index is 12.7. The van der Waals surface area contributed by atoms with Crippen molar-refractivity contribution in [3.05, 3.63) is 48.0 Å². The molecule has 0 aromatic carbocycles. The lowest BCUT2D eigenvalue weighted by Gasteiger charge is -2.35. The summed E-state index contributed by atoms with van der Waals surface area (Å²) < 4.78 is 1.62. The summed E-state index contributed by atoms with van der Waals surface area (Å²) in [6.45, 7) is 4.65. The summed E-state index contributed by atoms with van der Waals surface area (Å²) in [7, 11) is 0. The molecule has 8 heteroatoms. The van der Waals surface area contributed by atoms with Gasteiger partial charge in [0, 0.05) is 38.6 Å². The van der Waals surface area contributed by atoms with Gasteiger partial charge in [-0.3, -0.25) is 4.79 Å². The number of aromatic nitrogens is 5. The zero-order valence-electron chi connectivity index (χ0n) is 13.3. The maximum absolute atomic E-state index is 12.7. The van der Waals surface area contributed by atoms with E-state index < -0.39 is 0 Å². The SMILES string of the molecule is Cc1ccc(N2CCN(C(=O)c3cnn4cccnc34)CC2)nn1. The molecule has 1 aliphatic rings. The van der Waals surface area contributed by atoms with Crippen LogP contribution in [0.5, 0.6) is 0 Å². The predicted molar refractivity (Wildman–Crippen MR) is 87.9 cm³/mol. The van der Waals surface area contributed by atoms with Crippen LogP contribution in [0.15, 0.2) is 36.8 Å². The molecular formula is C16H17N7O. The zero-order chi connectivity index (χ0) is 16.5. The summed E-state index contributed by atoms with van der Waals surface area (Å²) in [6, 6.07) is 5.70. The second-order valence-electron chi connectivity index (χ2n) is 5.76. The summed E-state index contributed by atoms with van der Waals surface area (Å²) in [6.07, 6.45) is 5.04. The topological polar surface area (TPSA) is 79.5 Å². The van der Waals surface area contributed by atoms with Crippen molar-refractivity contribution in [2.75, 3.05) is 31.1 Å². The Labute approximate surface area is 138 Å². The fourth-order valence-electron chi connectivity index (χ4n) is 2.85. The minimum absolute atomic E-state index is 0.0293. The number of carbonyl (C=O) groups excluding carboxylic acids is 1. The molecule has 3 aromatic rings. The summed E-state index contributed by atoms with van der Waals surface area (Å²) >= 11 is 0. The number of hydrogen-bond donors (Lipinski definition) is 0. The second kappa shape index (κ2) is 5.88. The van der Waals surface area contributed by atoms with Gasteiger partial charge in [-0.2, -0.15) is 10.2 Å². The first-order valence-corrected chi connectivity index (χ1v) is 7.85. The molecule has 1 saturated heterocycles. The minimum atomic E-state index is -0.0293. The van der Waals surface area contributed by atoms with Crippen molar-refractivity contribution in [1.82, 2.24) is 29.7 Å². The Morgan fingerprint density at radius 1 is 1.12 bits per heavy atom. The number of aryl methyl sites for hydroxylation is 1. The van der Waals surface area contributed by atoms with E-state index in [1.54, 1.807) is 29.2 Å². The van der Waals surface area contributed by atoms with E-state index in [1.165, 1.54) is 0 Å². The molecule has 1 aliphatic heterocycles. The van der Waals surface area contributed by atoms with Crippen molar-refractivity contribution in [2.24, 2.45) is 0 Å². The average molecular weight is 323 g/mol. The van der Waals surface area contributed by atoms with Crippen LogP contribution in [0, 0.1) is 6.92 Å². The van der Waals surface area contributed by atoms with Crippen molar-refractivity contribution >= 4 is 17.4 Å². The highest BCUT2D eigenvalue weighted by Crippen LogP contribution is 2.16. The maximum Gasteiger partial charge on any atom is 0.259 e. The largest absolute Gasteiger partial charge is 0.352 e. The molecule has 0 radical (unpaired) electrons. The number of fused-ring (bicyclic) bond motifs is 1. The normalized spacial score (nSPS) is 15.0. The van der Waals surface area contributed by atoms with Crippen LogP contribution in [0.3, 0.4) is 0 Å². The molecule has 0 aliphatic carbocycles. The van der Waals surface area contributed by atoms with Gasteiger partial charge in [0.15, 0.2) is 11.5 Å². The molecule has 0 N–H and O–H groups in total. The fraction of sp³-hybridized carbons (Fsp3) is 0.312. The number of amides is 1. The lowest BCUT2D eigenvalue weighted by molar-refractivity contribution is 0.0748. The van der Waals surface area contributed by atoms with E-state index in [4.69, 9.17) is 0 Å². The fourth-order valence-corrected chi connectivity index (χ4v) is 2.85. The second-order valence-corrected chi connectivity index (χ2v) is 5.76. The highest BCUT2D eigenvalue weighted by molar-refractivity contribution is 5.99. The van der Waals surface area contributed by atoms with Crippen LogP contribution < -0.4 is 4.90 Å². The first-order valence-electron chi connectivity index (χ1n) is 7.85. The van der Waals surface area contributed by atoms with Gasteiger partial charge in [-0.15, -0.1) is 5.10 Å². The first-order chi connectivity index (χ1) is 11.7. The summed E-state index contributed by atoms with van der Waals surface area (Å²) in [5.41, 5.74) is 2.03. The van der Waals surface area contributed by atoms with Gasteiger partial charge in [0.1, 0.15) is 5.56 Å². The average Bonchev–Trinajstić information content (AvgIpc) is 3.06. The van der Waals surface area contributed by atoms with Gasteiger partial charge >= 0.3 is 0 Å². The van der Waals surface area contributed by atoms with E-state index >= 15 is 0 Å². The summed E-state index contributed by atoms with van der Waals surface area (Å²) in [4.78, 5) is 21.0. The molecule has 122 valence electrons. The van der Waals surface area contributed by atoms with Crippen molar-refractivity contribution < 1.29 is 4.79 Å². The minimum Gasteiger partial charge on any atom is -0.352 e. The zero-order valence-corrected chi connectivity index (χ0v) is 13.3. The van der Waals surface area contributed by atoms with Crippen molar-refractivity contribution in [3.63, 3.8) is 0 Å². The van der Waals surface area contributed by atoms with Gasteiger partial charge in [0.25, 0.3) is 5.91 Å². The number of nitrogens with zero attached hydrogens (tertiary/aromatic N) is 7. The van der Waals surface area contributed by atoms with E-state index in [-0.39, 0.29) is 5.91 Å². The molecular weight excluding hydrogens is 306 g/mol. The van der Waals surface area contributed by atoms with E-state index in [2.05, 4.69) is 25.2 Å². The molecule has 8 nitrogen and oxygen atoms in total. The predicted octanol–water partition coefficient (Wildman–Crippen LogP) is 0.790. The molecule has 0 saturated carbocycles. The molecule has 1 fully saturated rings. The van der Waals surface area contributed by atoms with Crippen LogP contribution in [0.25, 0.3) is 5.65 Å². The van der Waals surface area contributed by atoms with Crippen LogP contribution in [0.4, 0.5) is 5.82 Å². The van der Waals surface area contributed by atoms with Gasteiger partial charge in [-0.05, 0) is 25.1 Å². The molecule has 4 rings (SSSR count). The Balaban J connectivity index is 1.47. The van der Waals surface area contributed by atoms with E-state index in [0.717, 1.165) is 24.6 Å². The highest BCUT2D eigenvalue weighted by Gasteiger charge is 2.25. The van der Waals surface area contributed by atoms with Gasteiger partial charge in [0.2, 0.25) is 0 Å². The van der Waals surface area contributed by atoms with Crippen molar-refractivity contribution in [3.8, 4) is 0 Å². The summed E-state index contributed by atoms with van der Waals surface area (Å²) in [5.74, 6) is 0.823. The van der Waals surface area contributed by atoms with Crippen molar-refractivity contribution in [2.45, 2.75) is 6.92 Å². The van der Waals surface area contributed by atoms with Crippen LogP contribution in [0.1, 0.15) is 16.1 Å². The smallest absolute Gasteiger partial charge is 0.259 e. The van der Waals surface area contributed by atoms with Crippen LogP contribution in [-0.2, 0) is 0 Å². The number of carbonyl (C=O) groups is 1. The molecule has 0 unspecified atom stereocenters. The third-order valence-electron chi connectivity index (χ3n) is 4.18. The molecule has 1 amide bonds. The van der Waals surface area contributed by atoms with Gasteiger partial charge < -0.3 is 9.80 Å². The van der Waals surface area contributed by atoms with E-state index in [1.807, 2.05) is 24.0 Å². The molecule has 24 heavy (non-hydrogen) atoms. The molecule has 3 aromatic heterocycles. The quantitative estimate of drug-likeness (QED) is 0.694. The Bertz CT molecular complexity index is 866. The molecule has 0 bridgehead atoms. The van der Waals surface area contributed by atoms with E-state index in [9.17, 15) is 4.79 Å². The standard InChI is InChI=1S/C16H17N7O/c1-12-3-4-14(20-19-12)21-7-9-22(10-8-21)16(24)13-11-18-23-6-2-5-17-15(13)23/h2-6,11H,7-10H2,1H3. The Kier molecular flexibility index (Phi) is 3.56. The number of hydrogen-bond acceptors (Lipinski definition) is 6. The molecule has 4 heterocycles. The van der Waals surface area contributed by atoms with Crippen LogP contribution in [-0.4, -0.2) is 61.8 Å².